The molecule has 0 unspecified atom stereocenters. The van der Waals surface area contributed by atoms with E-state index in [1.807, 2.05) is 31.3 Å². The molecule has 1 aromatic heterocycles. The molecule has 76 valence electrons. The summed E-state index contributed by atoms with van der Waals surface area (Å²) in [7, 11) is 0. The van der Waals surface area contributed by atoms with Crippen LogP contribution in [0.15, 0.2) is 34.9 Å². The number of halogens is 1. The minimum absolute atomic E-state index is 0.641. The van der Waals surface area contributed by atoms with Gasteiger partial charge in [0.1, 0.15) is 0 Å². The van der Waals surface area contributed by atoms with Crippen LogP contribution in [0.2, 0.25) is 0 Å². The van der Waals surface area contributed by atoms with Gasteiger partial charge in [0.2, 0.25) is 0 Å². The summed E-state index contributed by atoms with van der Waals surface area (Å²) in [4.78, 5) is 10.6. The number of carbonyl (C=O) groups excluding carboxylic acids is 1. The maximum atomic E-state index is 10.6. The Bertz CT molecular complexity index is 505. The van der Waals surface area contributed by atoms with Crippen molar-refractivity contribution in [2.24, 2.45) is 0 Å². The van der Waals surface area contributed by atoms with Crippen LogP contribution in [0.3, 0.4) is 0 Å². The van der Waals surface area contributed by atoms with Crippen molar-refractivity contribution in [1.82, 2.24) is 9.78 Å². The first-order chi connectivity index (χ1) is 7.20. The highest BCUT2D eigenvalue weighted by Crippen LogP contribution is 2.19. The maximum Gasteiger partial charge on any atom is 0.151 e. The summed E-state index contributed by atoms with van der Waals surface area (Å²) < 4.78 is 2.55. The second kappa shape index (κ2) is 3.98. The Morgan fingerprint density at radius 3 is 2.73 bits per heavy atom. The van der Waals surface area contributed by atoms with E-state index in [1.54, 1.807) is 10.7 Å². The van der Waals surface area contributed by atoms with Crippen LogP contribution in [-0.4, -0.2) is 16.1 Å². The molecule has 0 aliphatic rings. The van der Waals surface area contributed by atoms with Gasteiger partial charge < -0.3 is 0 Å². The summed E-state index contributed by atoms with van der Waals surface area (Å²) >= 11 is 3.34. The van der Waals surface area contributed by atoms with Crippen LogP contribution < -0.4 is 0 Å². The fraction of sp³-hybridized carbons (Fsp3) is 0.0909. The molecule has 0 saturated heterocycles. The lowest BCUT2D eigenvalue weighted by Gasteiger charge is -2.03. The van der Waals surface area contributed by atoms with Crippen molar-refractivity contribution in [1.29, 1.82) is 0 Å². The molecule has 1 heterocycles. The van der Waals surface area contributed by atoms with Crippen LogP contribution in [0, 0.1) is 6.92 Å². The van der Waals surface area contributed by atoms with E-state index in [1.165, 1.54) is 0 Å². The zero-order valence-electron chi connectivity index (χ0n) is 8.14. The van der Waals surface area contributed by atoms with Crippen molar-refractivity contribution >= 4 is 22.2 Å². The molecule has 0 saturated carbocycles. The average molecular weight is 265 g/mol. The van der Waals surface area contributed by atoms with E-state index in [-0.39, 0.29) is 0 Å². The molecule has 15 heavy (non-hydrogen) atoms. The van der Waals surface area contributed by atoms with Crippen molar-refractivity contribution in [2.45, 2.75) is 6.92 Å². The van der Waals surface area contributed by atoms with E-state index in [4.69, 9.17) is 0 Å². The summed E-state index contributed by atoms with van der Waals surface area (Å²) in [6, 6.07) is 7.43. The predicted molar refractivity (Wildman–Crippen MR) is 61.4 cm³/mol. The highest BCUT2D eigenvalue weighted by atomic mass is 79.9. The molecular formula is C11H9BrN2O. The summed E-state index contributed by atoms with van der Waals surface area (Å²) in [6.07, 6.45) is 2.71. The predicted octanol–water partition coefficient (Wildman–Crippen LogP) is 2.76. The normalized spacial score (nSPS) is 10.3. The zero-order valence-corrected chi connectivity index (χ0v) is 9.73. The molecule has 2 aromatic rings. The Balaban J connectivity index is 2.46. The van der Waals surface area contributed by atoms with E-state index in [9.17, 15) is 4.79 Å². The SMILES string of the molecule is Cc1ccn(-c2ccc(C=O)c(Br)c2)n1. The molecule has 0 aliphatic carbocycles. The van der Waals surface area contributed by atoms with Gasteiger partial charge in [-0.2, -0.15) is 5.10 Å². The molecule has 0 fully saturated rings. The lowest BCUT2D eigenvalue weighted by atomic mass is 10.2. The van der Waals surface area contributed by atoms with Crippen LogP contribution in [0.5, 0.6) is 0 Å². The minimum Gasteiger partial charge on any atom is -0.298 e. The molecule has 0 spiro atoms. The molecule has 0 amide bonds. The molecule has 0 aliphatic heterocycles. The number of aryl methyl sites for hydroxylation is 1. The maximum absolute atomic E-state index is 10.6. The summed E-state index contributed by atoms with van der Waals surface area (Å²) in [5.74, 6) is 0. The number of aldehydes is 1. The first-order valence-corrected chi connectivity index (χ1v) is 5.27. The van der Waals surface area contributed by atoms with Gasteiger partial charge in [0, 0.05) is 16.2 Å². The molecule has 4 heteroatoms. The van der Waals surface area contributed by atoms with Gasteiger partial charge in [0.25, 0.3) is 0 Å². The largest absolute Gasteiger partial charge is 0.298 e. The molecule has 2 rings (SSSR count). The number of aromatic nitrogens is 2. The quantitative estimate of drug-likeness (QED) is 0.782. The van der Waals surface area contributed by atoms with Crippen molar-refractivity contribution in [3.05, 3.63) is 46.2 Å². The third-order valence-corrected chi connectivity index (χ3v) is 2.78. The Labute approximate surface area is 95.9 Å². The van der Waals surface area contributed by atoms with Gasteiger partial charge in [0.05, 0.1) is 11.4 Å². The van der Waals surface area contributed by atoms with E-state index >= 15 is 0 Å². The van der Waals surface area contributed by atoms with E-state index in [0.29, 0.717) is 5.56 Å². The number of rotatable bonds is 2. The van der Waals surface area contributed by atoms with Gasteiger partial charge in [-0.3, -0.25) is 4.79 Å². The number of benzene rings is 1. The smallest absolute Gasteiger partial charge is 0.151 e. The molecule has 0 N–H and O–H groups in total. The fourth-order valence-electron chi connectivity index (χ4n) is 1.31. The van der Waals surface area contributed by atoms with Crippen molar-refractivity contribution in [3.63, 3.8) is 0 Å². The van der Waals surface area contributed by atoms with Gasteiger partial charge in [-0.15, -0.1) is 0 Å². The minimum atomic E-state index is 0.641. The van der Waals surface area contributed by atoms with E-state index in [0.717, 1.165) is 22.1 Å². The van der Waals surface area contributed by atoms with Crippen molar-refractivity contribution < 1.29 is 4.79 Å². The van der Waals surface area contributed by atoms with Crippen LogP contribution in [-0.2, 0) is 0 Å². The third kappa shape index (κ3) is 1.99. The van der Waals surface area contributed by atoms with Gasteiger partial charge in [-0.05, 0) is 47.1 Å². The van der Waals surface area contributed by atoms with Crippen LogP contribution in [0.25, 0.3) is 5.69 Å². The molecule has 0 radical (unpaired) electrons. The molecule has 0 atom stereocenters. The summed E-state index contributed by atoms with van der Waals surface area (Å²) in [5.41, 5.74) is 2.54. The van der Waals surface area contributed by atoms with Gasteiger partial charge >= 0.3 is 0 Å². The Hall–Kier alpha value is -1.42. The molecule has 1 aromatic carbocycles. The lowest BCUT2D eigenvalue weighted by Crippen LogP contribution is -1.96. The molecule has 0 bridgehead atoms. The number of carbonyl (C=O) groups is 1. The topological polar surface area (TPSA) is 34.9 Å². The summed E-state index contributed by atoms with van der Waals surface area (Å²) in [5, 5.41) is 4.29. The van der Waals surface area contributed by atoms with E-state index < -0.39 is 0 Å². The second-order valence-electron chi connectivity index (χ2n) is 3.23. The summed E-state index contributed by atoms with van der Waals surface area (Å²) in [6.45, 7) is 1.94. The monoisotopic (exact) mass is 264 g/mol. The van der Waals surface area contributed by atoms with Gasteiger partial charge in [-0.25, -0.2) is 4.68 Å². The first-order valence-electron chi connectivity index (χ1n) is 4.48. The fourth-order valence-corrected chi connectivity index (χ4v) is 1.77. The van der Waals surface area contributed by atoms with Crippen LogP contribution in [0.4, 0.5) is 0 Å². The third-order valence-electron chi connectivity index (χ3n) is 2.10. The van der Waals surface area contributed by atoms with E-state index in [2.05, 4.69) is 21.0 Å². The average Bonchev–Trinajstić information content (AvgIpc) is 2.65. The highest BCUT2D eigenvalue weighted by Gasteiger charge is 2.02. The Morgan fingerprint density at radius 2 is 2.20 bits per heavy atom. The van der Waals surface area contributed by atoms with Crippen molar-refractivity contribution in [2.75, 3.05) is 0 Å². The lowest BCUT2D eigenvalue weighted by molar-refractivity contribution is 0.112. The van der Waals surface area contributed by atoms with Gasteiger partial charge in [-0.1, -0.05) is 0 Å². The van der Waals surface area contributed by atoms with Crippen LogP contribution in [0.1, 0.15) is 16.1 Å². The Morgan fingerprint density at radius 1 is 1.40 bits per heavy atom. The zero-order chi connectivity index (χ0) is 10.8. The highest BCUT2D eigenvalue weighted by molar-refractivity contribution is 9.10. The number of hydrogen-bond donors (Lipinski definition) is 0. The Kier molecular flexibility index (Phi) is 2.68. The molecule has 3 nitrogen and oxygen atoms in total. The van der Waals surface area contributed by atoms with Gasteiger partial charge in [0.15, 0.2) is 6.29 Å². The van der Waals surface area contributed by atoms with Crippen molar-refractivity contribution in [3.8, 4) is 5.69 Å². The molecular weight excluding hydrogens is 256 g/mol. The standard InChI is InChI=1S/C11H9BrN2O/c1-8-4-5-14(13-8)10-3-2-9(7-15)11(12)6-10/h2-7H,1H3. The second-order valence-corrected chi connectivity index (χ2v) is 4.08. The number of hydrogen-bond acceptors (Lipinski definition) is 2. The number of nitrogens with zero attached hydrogens (tertiary/aromatic N) is 2. The van der Waals surface area contributed by atoms with Crippen LogP contribution >= 0.6 is 15.9 Å². The first kappa shape index (κ1) is 10.1.